The Hall–Kier alpha value is -1.63. The molecule has 0 radical (unpaired) electrons. The number of hydrogen-bond donors (Lipinski definition) is 0. The van der Waals surface area contributed by atoms with Crippen molar-refractivity contribution >= 4 is 0 Å². The summed E-state index contributed by atoms with van der Waals surface area (Å²) in [6.45, 7) is 4.53. The van der Waals surface area contributed by atoms with Crippen LogP contribution in [0.2, 0.25) is 0 Å². The third-order valence-electron chi connectivity index (χ3n) is 3.47. The molecule has 2 rings (SSSR count). The Bertz CT molecular complexity index is 476. The minimum Gasteiger partial charge on any atom is -0.256 e. The van der Waals surface area contributed by atoms with E-state index in [0.29, 0.717) is 5.92 Å². The Morgan fingerprint density at radius 2 is 1.78 bits per heavy atom. The number of aromatic nitrogens is 1. The molecular weight excluding hydrogens is 218 g/mol. The van der Waals surface area contributed by atoms with E-state index >= 15 is 0 Å². The first-order valence-electron chi connectivity index (χ1n) is 6.87. The Morgan fingerprint density at radius 3 is 2.44 bits per heavy atom. The lowest BCUT2D eigenvalue weighted by Gasteiger charge is -2.18. The van der Waals surface area contributed by atoms with E-state index in [2.05, 4.69) is 55.2 Å². The van der Waals surface area contributed by atoms with Crippen LogP contribution in [0.25, 0.3) is 11.3 Å². The highest BCUT2D eigenvalue weighted by Crippen LogP contribution is 2.32. The molecule has 0 aliphatic rings. The summed E-state index contributed by atoms with van der Waals surface area (Å²) in [7, 11) is 0. The molecule has 0 bridgehead atoms. The van der Waals surface area contributed by atoms with Crippen LogP contribution in [0.5, 0.6) is 0 Å². The largest absolute Gasteiger partial charge is 0.256 e. The van der Waals surface area contributed by atoms with Gasteiger partial charge in [0.15, 0.2) is 0 Å². The van der Waals surface area contributed by atoms with Gasteiger partial charge in [0, 0.05) is 11.8 Å². The molecule has 1 unspecified atom stereocenters. The summed E-state index contributed by atoms with van der Waals surface area (Å²) in [4.78, 5) is 4.49. The second-order valence-electron chi connectivity index (χ2n) is 4.70. The number of benzene rings is 1. The van der Waals surface area contributed by atoms with E-state index in [1.165, 1.54) is 30.4 Å². The minimum atomic E-state index is 0.646. The van der Waals surface area contributed by atoms with Gasteiger partial charge in [-0.1, -0.05) is 50.6 Å². The summed E-state index contributed by atoms with van der Waals surface area (Å²) < 4.78 is 0. The van der Waals surface area contributed by atoms with Gasteiger partial charge in [0.25, 0.3) is 0 Å². The van der Waals surface area contributed by atoms with Crippen molar-refractivity contribution in [2.45, 2.75) is 39.0 Å². The lowest BCUT2D eigenvalue weighted by Crippen LogP contribution is -2.00. The van der Waals surface area contributed by atoms with Crippen LogP contribution in [0.15, 0.2) is 48.7 Å². The number of hydrogen-bond acceptors (Lipinski definition) is 1. The number of nitrogens with zero attached hydrogens (tertiary/aromatic N) is 1. The zero-order valence-electron chi connectivity index (χ0n) is 11.3. The molecule has 0 aliphatic carbocycles. The van der Waals surface area contributed by atoms with Gasteiger partial charge in [0.05, 0.1) is 5.69 Å². The second kappa shape index (κ2) is 6.34. The van der Waals surface area contributed by atoms with E-state index in [0.717, 1.165) is 5.69 Å². The van der Waals surface area contributed by atoms with Crippen LogP contribution in [-0.2, 0) is 0 Å². The van der Waals surface area contributed by atoms with E-state index in [1.807, 2.05) is 12.3 Å². The molecule has 1 aromatic carbocycles. The minimum absolute atomic E-state index is 0.646. The molecule has 94 valence electrons. The van der Waals surface area contributed by atoms with E-state index in [-0.39, 0.29) is 0 Å². The zero-order chi connectivity index (χ0) is 12.8. The smallest absolute Gasteiger partial charge is 0.0704 e. The average Bonchev–Trinajstić information content (AvgIpc) is 2.46. The van der Waals surface area contributed by atoms with Crippen LogP contribution in [0.3, 0.4) is 0 Å². The highest BCUT2D eigenvalue weighted by molar-refractivity contribution is 5.64. The van der Waals surface area contributed by atoms with Gasteiger partial charge < -0.3 is 0 Å². The topological polar surface area (TPSA) is 12.9 Å². The van der Waals surface area contributed by atoms with Crippen LogP contribution < -0.4 is 0 Å². The van der Waals surface area contributed by atoms with Crippen molar-refractivity contribution in [2.24, 2.45) is 0 Å². The molecule has 0 aliphatic heterocycles. The fourth-order valence-corrected chi connectivity index (χ4v) is 2.54. The second-order valence-corrected chi connectivity index (χ2v) is 4.70. The van der Waals surface area contributed by atoms with Crippen LogP contribution >= 0.6 is 0 Å². The van der Waals surface area contributed by atoms with Gasteiger partial charge in [-0.3, -0.25) is 4.98 Å². The van der Waals surface area contributed by atoms with Crippen LogP contribution in [0, 0.1) is 0 Å². The maximum Gasteiger partial charge on any atom is 0.0704 e. The van der Waals surface area contributed by atoms with Crippen molar-refractivity contribution in [3.63, 3.8) is 0 Å². The van der Waals surface area contributed by atoms with Crippen LogP contribution in [-0.4, -0.2) is 4.98 Å². The maximum absolute atomic E-state index is 4.49. The fraction of sp³-hybridized carbons (Fsp3) is 0.353. The third-order valence-corrected chi connectivity index (χ3v) is 3.47. The standard InChI is InChI=1S/C17H21N/c1-3-9-14(4-2)15-10-5-6-11-16(15)17-12-7-8-13-18-17/h5-8,10-14H,3-4,9H2,1-2H3. The first-order valence-corrected chi connectivity index (χ1v) is 6.87. The first kappa shape index (κ1) is 12.8. The van der Waals surface area contributed by atoms with Crippen LogP contribution in [0.4, 0.5) is 0 Å². The van der Waals surface area contributed by atoms with Crippen molar-refractivity contribution in [3.05, 3.63) is 54.2 Å². The molecule has 1 nitrogen and oxygen atoms in total. The molecule has 18 heavy (non-hydrogen) atoms. The normalized spacial score (nSPS) is 12.3. The predicted octanol–water partition coefficient (Wildman–Crippen LogP) is 5.04. The highest BCUT2D eigenvalue weighted by Gasteiger charge is 2.13. The Labute approximate surface area is 110 Å². The zero-order valence-corrected chi connectivity index (χ0v) is 11.3. The third kappa shape index (κ3) is 2.79. The molecular formula is C17H21N. The summed E-state index contributed by atoms with van der Waals surface area (Å²) >= 11 is 0. The Balaban J connectivity index is 2.42. The quantitative estimate of drug-likeness (QED) is 0.712. The SMILES string of the molecule is CCCC(CC)c1ccccc1-c1ccccn1. The van der Waals surface area contributed by atoms with Crippen molar-refractivity contribution < 1.29 is 0 Å². The molecule has 2 aromatic rings. The summed E-state index contributed by atoms with van der Waals surface area (Å²) in [6.07, 6.45) is 5.54. The molecule has 0 saturated carbocycles. The fourth-order valence-electron chi connectivity index (χ4n) is 2.54. The molecule has 1 atom stereocenters. The van der Waals surface area contributed by atoms with Crippen molar-refractivity contribution in [1.82, 2.24) is 4.98 Å². The van der Waals surface area contributed by atoms with E-state index in [1.54, 1.807) is 0 Å². The first-order chi connectivity index (χ1) is 8.86. The Kier molecular flexibility index (Phi) is 4.52. The van der Waals surface area contributed by atoms with E-state index in [4.69, 9.17) is 0 Å². The van der Waals surface area contributed by atoms with Gasteiger partial charge in [-0.05, 0) is 36.5 Å². The molecule has 0 saturated heterocycles. The van der Waals surface area contributed by atoms with Crippen molar-refractivity contribution in [1.29, 1.82) is 0 Å². The van der Waals surface area contributed by atoms with Gasteiger partial charge >= 0.3 is 0 Å². The number of pyridine rings is 1. The van der Waals surface area contributed by atoms with Gasteiger partial charge in [0.1, 0.15) is 0 Å². The lowest BCUT2D eigenvalue weighted by atomic mass is 9.87. The average molecular weight is 239 g/mol. The molecule has 1 aromatic heterocycles. The van der Waals surface area contributed by atoms with Crippen LogP contribution in [0.1, 0.15) is 44.6 Å². The summed E-state index contributed by atoms with van der Waals surface area (Å²) in [6, 6.07) is 14.8. The highest BCUT2D eigenvalue weighted by atomic mass is 14.7. The van der Waals surface area contributed by atoms with Crippen molar-refractivity contribution in [3.8, 4) is 11.3 Å². The summed E-state index contributed by atoms with van der Waals surface area (Å²) in [5.74, 6) is 0.646. The Morgan fingerprint density at radius 1 is 1.00 bits per heavy atom. The molecule has 0 amide bonds. The predicted molar refractivity (Wildman–Crippen MR) is 77.6 cm³/mol. The lowest BCUT2D eigenvalue weighted by molar-refractivity contribution is 0.597. The van der Waals surface area contributed by atoms with Gasteiger partial charge in [-0.25, -0.2) is 0 Å². The molecule has 1 heteroatoms. The summed E-state index contributed by atoms with van der Waals surface area (Å²) in [5.41, 5.74) is 3.82. The molecule has 0 fully saturated rings. The monoisotopic (exact) mass is 239 g/mol. The summed E-state index contributed by atoms with van der Waals surface area (Å²) in [5, 5.41) is 0. The van der Waals surface area contributed by atoms with Gasteiger partial charge in [-0.2, -0.15) is 0 Å². The molecule has 1 heterocycles. The van der Waals surface area contributed by atoms with E-state index in [9.17, 15) is 0 Å². The van der Waals surface area contributed by atoms with E-state index < -0.39 is 0 Å². The van der Waals surface area contributed by atoms with Gasteiger partial charge in [0.2, 0.25) is 0 Å². The molecule has 0 spiro atoms. The van der Waals surface area contributed by atoms with Gasteiger partial charge in [-0.15, -0.1) is 0 Å². The molecule has 0 N–H and O–H groups in total. The maximum atomic E-state index is 4.49. The number of rotatable bonds is 5. The van der Waals surface area contributed by atoms with Crippen molar-refractivity contribution in [2.75, 3.05) is 0 Å².